The van der Waals surface area contributed by atoms with Gasteiger partial charge in [0.2, 0.25) is 5.16 Å². The first-order valence-corrected chi connectivity index (χ1v) is 17.9. The van der Waals surface area contributed by atoms with E-state index in [1.165, 1.54) is 17.3 Å². The highest BCUT2D eigenvalue weighted by Gasteiger charge is 2.52. The summed E-state index contributed by atoms with van der Waals surface area (Å²) in [6.07, 6.45) is 6.12. The van der Waals surface area contributed by atoms with Gasteiger partial charge in [0, 0.05) is 5.75 Å². The molecule has 0 saturated carbocycles. The van der Waals surface area contributed by atoms with Crippen LogP contribution < -0.4 is 10.4 Å². The number of rotatable bonds is 12. The minimum Gasteiger partial charge on any atom is -0.397 e. The first-order valence-electron chi connectivity index (χ1n) is 15.0. The van der Waals surface area contributed by atoms with E-state index < -0.39 is 14.4 Å². The van der Waals surface area contributed by atoms with Crippen LogP contribution in [0.15, 0.2) is 120 Å². The number of para-hydroxylation sites is 1. The Morgan fingerprint density at radius 2 is 1.64 bits per heavy atom. The minimum absolute atomic E-state index is 0.0583. The van der Waals surface area contributed by atoms with Crippen molar-refractivity contribution < 1.29 is 14.0 Å². The third-order valence-corrected chi connectivity index (χ3v) is 13.8. The third kappa shape index (κ3) is 7.35. The second kappa shape index (κ2) is 14.4. The quantitative estimate of drug-likeness (QED) is 0.0834. The molecule has 7 nitrogen and oxygen atoms in total. The average Bonchev–Trinajstić information content (AvgIpc) is 3.51. The molecule has 0 aliphatic carbocycles. The van der Waals surface area contributed by atoms with E-state index in [1.807, 2.05) is 48.5 Å². The number of ketones is 1. The molecular formula is C35H40N4O3SSi. The maximum absolute atomic E-state index is 14.1. The molecule has 3 aromatic carbocycles. The van der Waals surface area contributed by atoms with Crippen LogP contribution in [0.3, 0.4) is 0 Å². The predicted octanol–water partition coefficient (Wildman–Crippen LogP) is 5.95. The van der Waals surface area contributed by atoms with Gasteiger partial charge in [-0.05, 0) is 63.8 Å². The first kappa shape index (κ1) is 31.8. The largest absolute Gasteiger partial charge is 0.397 e. The molecule has 2 heterocycles. The highest BCUT2D eigenvalue weighted by Crippen LogP contribution is 2.38. The fourth-order valence-corrected chi connectivity index (χ4v) is 11.2. The van der Waals surface area contributed by atoms with E-state index in [0.717, 1.165) is 22.5 Å². The highest BCUT2D eigenvalue weighted by molar-refractivity contribution is 7.99. The first-order chi connectivity index (χ1) is 21.3. The molecule has 0 bridgehead atoms. The molecule has 0 fully saturated rings. The Hall–Kier alpha value is -3.63. The molecule has 0 radical (unpaired) electrons. The van der Waals surface area contributed by atoms with Crippen LogP contribution in [0, 0.1) is 0 Å². The Morgan fingerprint density at radius 1 is 1.02 bits per heavy atom. The summed E-state index contributed by atoms with van der Waals surface area (Å²) in [6, 6.07) is 30.7. The third-order valence-electron chi connectivity index (χ3n) is 7.85. The van der Waals surface area contributed by atoms with E-state index in [4.69, 9.17) is 9.16 Å². The van der Waals surface area contributed by atoms with Gasteiger partial charge < -0.3 is 9.16 Å². The Balaban J connectivity index is 1.47. The fraction of sp³-hybridized carbons (Fsp3) is 0.314. The van der Waals surface area contributed by atoms with Crippen molar-refractivity contribution in [1.82, 2.24) is 20.2 Å². The monoisotopic (exact) mass is 624 g/mol. The number of carbonyl (C=O) groups excluding carboxylic acids is 1. The van der Waals surface area contributed by atoms with Crippen molar-refractivity contribution in [3.63, 3.8) is 0 Å². The van der Waals surface area contributed by atoms with Gasteiger partial charge in [-0.1, -0.05) is 129 Å². The van der Waals surface area contributed by atoms with Gasteiger partial charge in [-0.25, -0.2) is 0 Å². The van der Waals surface area contributed by atoms with E-state index in [0.29, 0.717) is 23.9 Å². The summed E-state index contributed by atoms with van der Waals surface area (Å²) in [5.41, 5.74) is 2.15. The van der Waals surface area contributed by atoms with Crippen LogP contribution >= 0.6 is 11.8 Å². The summed E-state index contributed by atoms with van der Waals surface area (Å²) in [5, 5.41) is 15.0. The maximum atomic E-state index is 14.1. The van der Waals surface area contributed by atoms with Crippen LogP contribution in [0.5, 0.6) is 0 Å². The van der Waals surface area contributed by atoms with Crippen LogP contribution in [0.1, 0.15) is 40.5 Å². The van der Waals surface area contributed by atoms with Gasteiger partial charge in [0.1, 0.15) is 6.10 Å². The highest BCUT2D eigenvalue weighted by atomic mass is 32.2. The molecule has 4 aromatic rings. The second-order valence-electron chi connectivity index (χ2n) is 12.0. The lowest BCUT2D eigenvalue weighted by atomic mass is 10.1. The average molecular weight is 625 g/mol. The van der Waals surface area contributed by atoms with Gasteiger partial charge in [-0.3, -0.25) is 4.79 Å². The van der Waals surface area contributed by atoms with Crippen molar-refractivity contribution in [2.45, 2.75) is 62.9 Å². The zero-order valence-corrected chi connectivity index (χ0v) is 27.6. The number of tetrazole rings is 1. The molecule has 228 valence electrons. The van der Waals surface area contributed by atoms with Gasteiger partial charge in [0.25, 0.3) is 8.32 Å². The van der Waals surface area contributed by atoms with Crippen LogP contribution in [0.4, 0.5) is 0 Å². The molecule has 0 spiro atoms. The molecule has 0 saturated heterocycles. The number of carbonyl (C=O) groups is 1. The fourth-order valence-electron chi connectivity index (χ4n) is 5.63. The van der Waals surface area contributed by atoms with E-state index in [-0.39, 0.29) is 16.9 Å². The number of benzene rings is 3. The topological polar surface area (TPSA) is 79.1 Å². The molecule has 44 heavy (non-hydrogen) atoms. The molecule has 5 rings (SSSR count). The number of hydrogen-bond acceptors (Lipinski definition) is 7. The summed E-state index contributed by atoms with van der Waals surface area (Å²) in [4.78, 5) is 14.1. The molecule has 0 N–H and O–H groups in total. The molecule has 0 amide bonds. The van der Waals surface area contributed by atoms with Gasteiger partial charge in [0.05, 0.1) is 18.4 Å². The summed E-state index contributed by atoms with van der Waals surface area (Å²) >= 11 is 1.52. The van der Waals surface area contributed by atoms with Gasteiger partial charge >= 0.3 is 0 Å². The van der Waals surface area contributed by atoms with Crippen molar-refractivity contribution in [2.75, 3.05) is 12.4 Å². The number of aromatic nitrogens is 4. The lowest BCUT2D eigenvalue weighted by Gasteiger charge is -2.44. The van der Waals surface area contributed by atoms with Crippen molar-refractivity contribution in [2.24, 2.45) is 0 Å². The number of ether oxygens (including phenoxy) is 1. The van der Waals surface area contributed by atoms with Gasteiger partial charge in [-0.15, -0.1) is 5.10 Å². The Kier molecular flexibility index (Phi) is 10.4. The Morgan fingerprint density at radius 3 is 2.23 bits per heavy atom. The van der Waals surface area contributed by atoms with Crippen molar-refractivity contribution in [3.8, 4) is 5.69 Å². The van der Waals surface area contributed by atoms with Crippen molar-refractivity contribution in [3.05, 3.63) is 115 Å². The van der Waals surface area contributed by atoms with Gasteiger partial charge in [-0.2, -0.15) is 4.68 Å². The lowest BCUT2D eigenvalue weighted by molar-refractivity contribution is -0.121. The van der Waals surface area contributed by atoms with Crippen molar-refractivity contribution >= 4 is 36.2 Å². The maximum Gasteiger partial charge on any atom is 0.262 e. The lowest BCUT2D eigenvalue weighted by Crippen LogP contribution is -2.68. The number of thioether (sulfide) groups is 1. The van der Waals surface area contributed by atoms with Crippen LogP contribution in [0.25, 0.3) is 5.69 Å². The molecule has 1 aromatic heterocycles. The SMILES string of the molecule is CC1=CCO[C@H](/C=C/C(=O)[C@H](CCSc2nnnn2-c2ccccc2)O[Si](c2ccccc2)(c2ccccc2)C(C)(C)C)C1. The molecule has 2 atom stereocenters. The van der Waals surface area contributed by atoms with E-state index in [9.17, 15) is 4.79 Å². The molecule has 1 aliphatic heterocycles. The molecular weight excluding hydrogens is 585 g/mol. The number of hydrogen-bond donors (Lipinski definition) is 0. The summed E-state index contributed by atoms with van der Waals surface area (Å²) in [6.45, 7) is 9.34. The molecule has 9 heteroatoms. The van der Waals surface area contributed by atoms with Crippen LogP contribution in [-0.2, 0) is 14.0 Å². The summed E-state index contributed by atoms with van der Waals surface area (Å²) in [5.74, 6) is 0.536. The minimum atomic E-state index is -2.98. The zero-order chi connectivity index (χ0) is 31.0. The molecule has 1 aliphatic rings. The summed E-state index contributed by atoms with van der Waals surface area (Å²) < 4.78 is 14.9. The van der Waals surface area contributed by atoms with Crippen LogP contribution in [0.2, 0.25) is 5.04 Å². The normalized spacial score (nSPS) is 16.5. The standard InChI is InChI=1S/C35H40N4O3SSi/c1-27-22-24-41-29(26-27)20-21-32(40)33(23-25-43-34-36-37-38-39(34)28-14-8-5-9-15-28)42-44(35(2,3)4,30-16-10-6-11-17-30)31-18-12-7-13-19-31/h5-22,29,33H,23-26H2,1-4H3/b21-20+/t29-,33+/m1/s1. The van der Waals surface area contributed by atoms with Crippen LogP contribution in [-0.4, -0.2) is 58.9 Å². The predicted molar refractivity (Wildman–Crippen MR) is 179 cm³/mol. The number of nitrogens with zero attached hydrogens (tertiary/aromatic N) is 4. The van der Waals surface area contributed by atoms with E-state index in [2.05, 4.69) is 97.8 Å². The van der Waals surface area contributed by atoms with Gasteiger partial charge in [0.15, 0.2) is 5.78 Å². The van der Waals surface area contributed by atoms with E-state index in [1.54, 1.807) is 10.8 Å². The van der Waals surface area contributed by atoms with E-state index >= 15 is 0 Å². The second-order valence-corrected chi connectivity index (χ2v) is 17.3. The Bertz CT molecular complexity index is 1530. The Labute approximate surface area is 265 Å². The smallest absolute Gasteiger partial charge is 0.262 e. The summed E-state index contributed by atoms with van der Waals surface area (Å²) in [7, 11) is -2.98. The molecule has 0 unspecified atom stereocenters. The zero-order valence-electron chi connectivity index (χ0n) is 25.8. The van der Waals surface area contributed by atoms with Crippen molar-refractivity contribution in [1.29, 1.82) is 0 Å².